The van der Waals surface area contributed by atoms with Gasteiger partial charge in [-0.15, -0.1) is 0 Å². The van der Waals surface area contributed by atoms with Gasteiger partial charge in [0.15, 0.2) is 0 Å². The summed E-state index contributed by atoms with van der Waals surface area (Å²) in [4.78, 5) is 0. The van der Waals surface area contributed by atoms with E-state index in [0.717, 1.165) is 0 Å². The topological polar surface area (TPSA) is 0 Å². The van der Waals surface area contributed by atoms with Gasteiger partial charge >= 0.3 is 0 Å². The fourth-order valence-electron chi connectivity index (χ4n) is 3.44. The smallest absolute Gasteiger partial charge is 0.00241 e. The third-order valence-corrected chi connectivity index (χ3v) is 4.51. The van der Waals surface area contributed by atoms with E-state index in [0.29, 0.717) is 0 Å². The quantitative estimate of drug-likeness (QED) is 0.360. The summed E-state index contributed by atoms with van der Waals surface area (Å²) in [6.45, 7) is 4.40. The molecule has 106 valence electrons. The summed E-state index contributed by atoms with van der Waals surface area (Å²) in [6, 6.07) is 26.2. The molecule has 22 heavy (non-hydrogen) atoms. The van der Waals surface area contributed by atoms with Crippen molar-refractivity contribution >= 4 is 21.5 Å². The molecule has 0 aliphatic heterocycles. The van der Waals surface area contributed by atoms with E-state index in [2.05, 4.69) is 86.6 Å². The van der Waals surface area contributed by atoms with Gasteiger partial charge in [-0.25, -0.2) is 0 Å². The highest BCUT2D eigenvalue weighted by atomic mass is 14.2. The molecule has 0 N–H and O–H groups in total. The van der Waals surface area contributed by atoms with Crippen LogP contribution in [0.3, 0.4) is 0 Å². The Morgan fingerprint density at radius 2 is 1.32 bits per heavy atom. The van der Waals surface area contributed by atoms with Gasteiger partial charge in [-0.1, -0.05) is 66.7 Å². The first kappa shape index (κ1) is 13.1. The lowest BCUT2D eigenvalue weighted by atomic mass is 9.89. The molecule has 0 aromatic heterocycles. The molecule has 0 atom stereocenters. The van der Waals surface area contributed by atoms with Gasteiger partial charge in [-0.2, -0.15) is 0 Å². The summed E-state index contributed by atoms with van der Waals surface area (Å²) >= 11 is 0. The van der Waals surface area contributed by atoms with Crippen molar-refractivity contribution in [1.29, 1.82) is 0 Å². The molecule has 0 nitrogen and oxygen atoms in total. The Morgan fingerprint density at radius 3 is 2.14 bits per heavy atom. The summed E-state index contributed by atoms with van der Waals surface area (Å²) in [6.07, 6.45) is 0. The number of fused-ring (bicyclic) bond motifs is 2. The minimum absolute atomic E-state index is 1.29. The van der Waals surface area contributed by atoms with Gasteiger partial charge in [0.2, 0.25) is 0 Å². The SMILES string of the molecule is Cc1cccc2c(-c3ccccc3)c3c(C)cccc3cc12. The van der Waals surface area contributed by atoms with Crippen molar-refractivity contribution in [3.8, 4) is 11.1 Å². The maximum Gasteiger partial charge on any atom is -0.00241 e. The predicted octanol–water partition coefficient (Wildman–Crippen LogP) is 6.28. The van der Waals surface area contributed by atoms with Crippen LogP contribution in [0.5, 0.6) is 0 Å². The summed E-state index contributed by atoms with van der Waals surface area (Å²) in [5.41, 5.74) is 5.31. The van der Waals surface area contributed by atoms with E-state index in [1.165, 1.54) is 43.8 Å². The number of hydrogen-bond acceptors (Lipinski definition) is 0. The number of benzene rings is 4. The van der Waals surface area contributed by atoms with Crippen LogP contribution >= 0.6 is 0 Å². The molecule has 0 fully saturated rings. The van der Waals surface area contributed by atoms with Crippen molar-refractivity contribution in [1.82, 2.24) is 0 Å². The molecule has 0 saturated carbocycles. The molecule has 4 rings (SSSR count). The molecule has 0 radical (unpaired) electrons. The molecule has 0 spiro atoms. The van der Waals surface area contributed by atoms with Crippen LogP contribution in [0.1, 0.15) is 11.1 Å². The van der Waals surface area contributed by atoms with Crippen molar-refractivity contribution in [2.45, 2.75) is 13.8 Å². The Hall–Kier alpha value is -2.60. The first-order valence-corrected chi connectivity index (χ1v) is 7.73. The van der Waals surface area contributed by atoms with Gasteiger partial charge in [-0.3, -0.25) is 0 Å². The van der Waals surface area contributed by atoms with Gasteiger partial charge < -0.3 is 0 Å². The lowest BCUT2D eigenvalue weighted by Crippen LogP contribution is -1.89. The van der Waals surface area contributed by atoms with Crippen molar-refractivity contribution in [2.24, 2.45) is 0 Å². The van der Waals surface area contributed by atoms with E-state index in [1.54, 1.807) is 0 Å². The van der Waals surface area contributed by atoms with E-state index in [1.807, 2.05) is 0 Å². The number of aryl methyl sites for hydroxylation is 2. The third kappa shape index (κ3) is 1.92. The molecule has 0 unspecified atom stereocenters. The highest BCUT2D eigenvalue weighted by Gasteiger charge is 2.12. The molecule has 0 aliphatic carbocycles. The first-order valence-electron chi connectivity index (χ1n) is 7.73. The fourth-order valence-corrected chi connectivity index (χ4v) is 3.44. The van der Waals surface area contributed by atoms with Crippen LogP contribution in [-0.2, 0) is 0 Å². The maximum atomic E-state index is 2.33. The zero-order valence-electron chi connectivity index (χ0n) is 12.9. The average molecular weight is 282 g/mol. The van der Waals surface area contributed by atoms with Crippen LogP contribution in [-0.4, -0.2) is 0 Å². The van der Waals surface area contributed by atoms with Crippen LogP contribution in [0, 0.1) is 13.8 Å². The van der Waals surface area contributed by atoms with Crippen molar-refractivity contribution in [3.63, 3.8) is 0 Å². The Morgan fingerprint density at radius 1 is 0.591 bits per heavy atom. The lowest BCUT2D eigenvalue weighted by molar-refractivity contribution is 1.51. The Kier molecular flexibility index (Phi) is 2.97. The molecular weight excluding hydrogens is 264 g/mol. The molecule has 0 saturated heterocycles. The van der Waals surface area contributed by atoms with Crippen LogP contribution in [0.2, 0.25) is 0 Å². The normalized spacial score (nSPS) is 11.2. The highest BCUT2D eigenvalue weighted by Crippen LogP contribution is 2.38. The van der Waals surface area contributed by atoms with Gasteiger partial charge in [0.25, 0.3) is 0 Å². The first-order chi connectivity index (χ1) is 10.8. The third-order valence-electron chi connectivity index (χ3n) is 4.51. The monoisotopic (exact) mass is 282 g/mol. The van der Waals surface area contributed by atoms with Gasteiger partial charge in [-0.05, 0) is 63.7 Å². The molecule has 0 heteroatoms. The van der Waals surface area contributed by atoms with E-state index in [4.69, 9.17) is 0 Å². The van der Waals surface area contributed by atoms with Crippen LogP contribution < -0.4 is 0 Å². The standard InChI is InChI=1S/C22H18/c1-15-8-7-13-19-20(15)14-18-12-6-9-16(2)21(18)22(19)17-10-4-3-5-11-17/h3-14H,1-2H3. The van der Waals surface area contributed by atoms with Crippen molar-refractivity contribution < 1.29 is 0 Å². The number of hydrogen-bond donors (Lipinski definition) is 0. The van der Waals surface area contributed by atoms with E-state index < -0.39 is 0 Å². The molecule has 0 bridgehead atoms. The van der Waals surface area contributed by atoms with Crippen LogP contribution in [0.4, 0.5) is 0 Å². The van der Waals surface area contributed by atoms with Gasteiger partial charge in [0, 0.05) is 0 Å². The Balaban J connectivity index is 2.29. The molecule has 0 amide bonds. The lowest BCUT2D eigenvalue weighted by Gasteiger charge is -2.15. The summed E-state index contributed by atoms with van der Waals surface area (Å²) in [7, 11) is 0. The van der Waals surface area contributed by atoms with Crippen LogP contribution in [0.25, 0.3) is 32.7 Å². The van der Waals surface area contributed by atoms with Crippen molar-refractivity contribution in [2.75, 3.05) is 0 Å². The Labute approximate surface area is 131 Å². The predicted molar refractivity (Wildman–Crippen MR) is 96.4 cm³/mol. The second-order valence-electron chi connectivity index (χ2n) is 5.96. The molecule has 0 heterocycles. The van der Waals surface area contributed by atoms with Gasteiger partial charge in [0.05, 0.1) is 0 Å². The largest absolute Gasteiger partial charge is 0.0622 e. The molecule has 4 aromatic carbocycles. The zero-order valence-corrected chi connectivity index (χ0v) is 12.9. The second-order valence-corrected chi connectivity index (χ2v) is 5.96. The van der Waals surface area contributed by atoms with Gasteiger partial charge in [0.1, 0.15) is 0 Å². The van der Waals surface area contributed by atoms with Crippen molar-refractivity contribution in [3.05, 3.63) is 83.9 Å². The number of rotatable bonds is 1. The minimum atomic E-state index is 1.29. The molecule has 4 aromatic rings. The zero-order chi connectivity index (χ0) is 15.1. The summed E-state index contributed by atoms with van der Waals surface area (Å²) in [5, 5.41) is 5.37. The van der Waals surface area contributed by atoms with Crippen LogP contribution in [0.15, 0.2) is 72.8 Å². The molecule has 0 aliphatic rings. The van der Waals surface area contributed by atoms with E-state index >= 15 is 0 Å². The maximum absolute atomic E-state index is 2.33. The summed E-state index contributed by atoms with van der Waals surface area (Å²) in [5.74, 6) is 0. The Bertz CT molecular complexity index is 979. The average Bonchev–Trinajstić information content (AvgIpc) is 2.55. The highest BCUT2D eigenvalue weighted by molar-refractivity contribution is 6.14. The van der Waals surface area contributed by atoms with E-state index in [-0.39, 0.29) is 0 Å². The minimum Gasteiger partial charge on any atom is -0.0622 e. The summed E-state index contributed by atoms with van der Waals surface area (Å²) < 4.78 is 0. The second kappa shape index (κ2) is 4.99. The fraction of sp³-hybridized carbons (Fsp3) is 0.0909. The molecular formula is C22H18. The van der Waals surface area contributed by atoms with E-state index in [9.17, 15) is 0 Å².